The van der Waals surface area contributed by atoms with Crippen LogP contribution in [0.15, 0.2) is 133 Å². The Morgan fingerprint density at radius 1 is 0.629 bits per heavy atom. The van der Waals surface area contributed by atoms with E-state index in [9.17, 15) is 0 Å². The second kappa shape index (κ2) is 11.1. The van der Waals surface area contributed by atoms with E-state index in [-0.39, 0.29) is 6.10 Å². The Bertz CT molecular complexity index is 1120. The molecule has 0 N–H and O–H groups in total. The zero-order valence-electron chi connectivity index (χ0n) is 20.5. The molecule has 1 saturated carbocycles. The highest BCUT2D eigenvalue weighted by atomic mass is 31.2. The lowest BCUT2D eigenvalue weighted by atomic mass is 9.81. The molecule has 1 aliphatic rings. The predicted molar refractivity (Wildman–Crippen MR) is 151 cm³/mol. The Morgan fingerprint density at radius 3 is 1.54 bits per heavy atom. The van der Waals surface area contributed by atoms with E-state index < -0.39 is 7.26 Å². The Hall–Kier alpha value is -3.15. The van der Waals surface area contributed by atoms with Crippen molar-refractivity contribution >= 4 is 23.2 Å². The first-order chi connectivity index (χ1) is 17.3. The van der Waals surface area contributed by atoms with Crippen LogP contribution in [-0.2, 0) is 4.74 Å². The van der Waals surface area contributed by atoms with Gasteiger partial charge in [-0.05, 0) is 68.1 Å². The molecule has 0 spiro atoms. The molecule has 2 atom stereocenters. The van der Waals surface area contributed by atoms with Crippen LogP contribution in [0.25, 0.3) is 0 Å². The summed E-state index contributed by atoms with van der Waals surface area (Å²) in [5, 5.41) is 4.05. The van der Waals surface area contributed by atoms with Crippen molar-refractivity contribution in [3.63, 3.8) is 0 Å². The fourth-order valence-corrected chi connectivity index (χ4v) is 9.40. The summed E-state index contributed by atoms with van der Waals surface area (Å²) in [5.41, 5.74) is 1.40. The maximum Gasteiger partial charge on any atom is 0.140 e. The topological polar surface area (TPSA) is 9.23 Å². The van der Waals surface area contributed by atoms with E-state index in [4.69, 9.17) is 4.74 Å². The highest BCUT2D eigenvalue weighted by Gasteiger charge is 2.44. The molecule has 0 amide bonds. The molecule has 4 aromatic carbocycles. The average molecular weight is 478 g/mol. The number of hydrogen-bond donors (Lipinski definition) is 0. The second-order valence-corrected chi connectivity index (χ2v) is 12.7. The van der Waals surface area contributed by atoms with Crippen molar-refractivity contribution in [1.29, 1.82) is 0 Å². The summed E-state index contributed by atoms with van der Waals surface area (Å²) in [6.07, 6.45) is 5.03. The zero-order chi connectivity index (χ0) is 23.9. The monoisotopic (exact) mass is 477 g/mol. The van der Waals surface area contributed by atoms with Crippen molar-refractivity contribution in [2.75, 3.05) is 0 Å². The smallest absolute Gasteiger partial charge is 0.140 e. The fourth-order valence-electron chi connectivity index (χ4n) is 5.52. The Kier molecular flexibility index (Phi) is 7.45. The van der Waals surface area contributed by atoms with Crippen molar-refractivity contribution < 1.29 is 4.74 Å². The van der Waals surface area contributed by atoms with E-state index in [0.717, 1.165) is 12.2 Å². The van der Waals surface area contributed by atoms with Crippen LogP contribution in [0.2, 0.25) is 0 Å². The molecule has 0 aromatic heterocycles. The van der Waals surface area contributed by atoms with Crippen LogP contribution >= 0.6 is 7.26 Å². The van der Waals surface area contributed by atoms with Crippen molar-refractivity contribution in [2.45, 2.75) is 44.6 Å². The van der Waals surface area contributed by atoms with E-state index in [0.29, 0.717) is 5.92 Å². The van der Waals surface area contributed by atoms with Crippen molar-refractivity contribution in [3.8, 4) is 0 Å². The SMILES string of the molecule is C/C(=C\[P+](c1ccccc1)(c1ccccc1)c1ccccc1)O[C@@H]1CCCC[C@H]1c1ccccc1. The van der Waals surface area contributed by atoms with E-state index in [1.54, 1.807) is 0 Å². The number of hydrogen-bond acceptors (Lipinski definition) is 1. The quantitative estimate of drug-likeness (QED) is 0.197. The van der Waals surface area contributed by atoms with E-state index >= 15 is 0 Å². The summed E-state index contributed by atoms with van der Waals surface area (Å²) < 4.78 is 6.87. The van der Waals surface area contributed by atoms with Crippen LogP contribution in [0.1, 0.15) is 44.1 Å². The van der Waals surface area contributed by atoms with Gasteiger partial charge in [0.15, 0.2) is 0 Å². The summed E-state index contributed by atoms with van der Waals surface area (Å²) in [6, 6.07) is 43.9. The molecule has 0 saturated heterocycles. The van der Waals surface area contributed by atoms with Crippen LogP contribution in [0, 0.1) is 0 Å². The molecule has 176 valence electrons. The maximum atomic E-state index is 6.87. The molecule has 1 fully saturated rings. The molecule has 0 aliphatic heterocycles. The van der Waals surface area contributed by atoms with E-state index in [2.05, 4.69) is 134 Å². The summed E-state index contributed by atoms with van der Waals surface area (Å²) in [6.45, 7) is 2.17. The summed E-state index contributed by atoms with van der Waals surface area (Å²) in [4.78, 5) is 0. The molecule has 2 heteroatoms. The molecule has 0 bridgehead atoms. The van der Waals surface area contributed by atoms with Crippen LogP contribution in [0.3, 0.4) is 0 Å². The Balaban J connectivity index is 1.60. The van der Waals surface area contributed by atoms with Crippen LogP contribution in [0.4, 0.5) is 0 Å². The molecule has 0 radical (unpaired) electrons. The molecule has 0 heterocycles. The summed E-state index contributed by atoms with van der Waals surface area (Å²) in [5.74, 6) is 3.94. The minimum Gasteiger partial charge on any atom is -0.491 e. The fraction of sp³-hybridized carbons (Fsp3) is 0.212. The van der Waals surface area contributed by atoms with Crippen molar-refractivity contribution in [1.82, 2.24) is 0 Å². The standard InChI is InChI=1S/C33H34OP/c1-27(34-33-25-15-14-24-32(33)28-16-6-2-7-17-28)26-35(29-18-8-3-9-19-29,30-20-10-4-11-21-30)31-22-12-5-13-23-31/h2-13,16-23,26,32-33H,14-15,24-25H2,1H3/q+1/b27-26+/t32-,33+/m0/s1. The molecule has 1 nitrogen and oxygen atoms in total. The van der Waals surface area contributed by atoms with Gasteiger partial charge in [-0.2, -0.15) is 0 Å². The molecule has 4 aromatic rings. The van der Waals surface area contributed by atoms with Gasteiger partial charge in [0, 0.05) is 5.92 Å². The second-order valence-electron chi connectivity index (χ2n) is 9.43. The Morgan fingerprint density at radius 2 is 1.06 bits per heavy atom. The lowest BCUT2D eigenvalue weighted by Crippen LogP contribution is -2.30. The average Bonchev–Trinajstić information content (AvgIpc) is 2.94. The number of ether oxygens (including phenoxy) is 1. The zero-order valence-corrected chi connectivity index (χ0v) is 21.4. The third kappa shape index (κ3) is 5.12. The van der Waals surface area contributed by atoms with Gasteiger partial charge in [0.25, 0.3) is 0 Å². The van der Waals surface area contributed by atoms with Crippen molar-refractivity contribution in [3.05, 3.63) is 138 Å². The van der Waals surface area contributed by atoms with Gasteiger partial charge in [0.1, 0.15) is 40.9 Å². The number of allylic oxidation sites excluding steroid dienone is 1. The molecular weight excluding hydrogens is 443 g/mol. The van der Waals surface area contributed by atoms with E-state index in [1.165, 1.54) is 40.7 Å². The first kappa shape index (κ1) is 23.6. The lowest BCUT2D eigenvalue weighted by Gasteiger charge is -2.33. The highest BCUT2D eigenvalue weighted by Crippen LogP contribution is 2.57. The highest BCUT2D eigenvalue weighted by molar-refractivity contribution is 7.98. The molecule has 35 heavy (non-hydrogen) atoms. The summed E-state index contributed by atoms with van der Waals surface area (Å²) in [7, 11) is -2.06. The predicted octanol–water partition coefficient (Wildman–Crippen LogP) is 7.58. The van der Waals surface area contributed by atoms with Gasteiger partial charge in [-0.15, -0.1) is 0 Å². The van der Waals surface area contributed by atoms with Gasteiger partial charge in [-0.25, -0.2) is 0 Å². The van der Waals surface area contributed by atoms with Gasteiger partial charge < -0.3 is 4.74 Å². The van der Waals surface area contributed by atoms with Crippen molar-refractivity contribution in [2.24, 2.45) is 0 Å². The molecular formula is C33H34OP+. The maximum absolute atomic E-state index is 6.87. The first-order valence-electron chi connectivity index (χ1n) is 12.7. The third-order valence-electron chi connectivity index (χ3n) is 7.13. The van der Waals surface area contributed by atoms with Gasteiger partial charge >= 0.3 is 0 Å². The van der Waals surface area contributed by atoms with Gasteiger partial charge in [0.2, 0.25) is 0 Å². The Labute approximate surface area is 210 Å². The largest absolute Gasteiger partial charge is 0.491 e. The summed E-state index contributed by atoms with van der Waals surface area (Å²) >= 11 is 0. The van der Waals surface area contributed by atoms with Gasteiger partial charge in [0.05, 0.1) is 0 Å². The minimum absolute atomic E-state index is 0.214. The molecule has 1 aliphatic carbocycles. The van der Waals surface area contributed by atoms with Gasteiger partial charge in [-0.1, -0.05) is 91.3 Å². The minimum atomic E-state index is -2.06. The molecule has 0 unspecified atom stereocenters. The third-order valence-corrected chi connectivity index (χ3v) is 11.2. The number of rotatable bonds is 7. The normalized spacial score (nSPS) is 18.7. The van der Waals surface area contributed by atoms with Crippen LogP contribution < -0.4 is 15.9 Å². The number of benzene rings is 4. The van der Waals surface area contributed by atoms with E-state index in [1.807, 2.05) is 0 Å². The van der Waals surface area contributed by atoms with Gasteiger partial charge in [-0.3, -0.25) is 0 Å². The first-order valence-corrected chi connectivity index (χ1v) is 14.6. The van der Waals surface area contributed by atoms with Crippen LogP contribution in [0.5, 0.6) is 0 Å². The van der Waals surface area contributed by atoms with Crippen LogP contribution in [-0.4, -0.2) is 6.10 Å². The lowest BCUT2D eigenvalue weighted by molar-refractivity contribution is 0.0648. The molecule has 5 rings (SSSR count).